The molecule has 124 valence electrons. The highest BCUT2D eigenvalue weighted by Gasteiger charge is 2.30. The number of hydrogen-bond acceptors (Lipinski definition) is 4. The van der Waals surface area contributed by atoms with E-state index in [1.165, 1.54) is 30.7 Å². The third-order valence-electron chi connectivity index (χ3n) is 3.39. The number of esters is 1. The van der Waals surface area contributed by atoms with Gasteiger partial charge in [0.25, 0.3) is 0 Å². The van der Waals surface area contributed by atoms with E-state index in [4.69, 9.17) is 4.74 Å². The number of rotatable bonds is 3. The Balaban J connectivity index is 2.03. The number of carbonyl (C=O) groups is 1. The van der Waals surface area contributed by atoms with Gasteiger partial charge in [-0.05, 0) is 19.1 Å². The molecule has 2 heterocycles. The number of halogens is 3. The second-order valence-corrected chi connectivity index (χ2v) is 4.94. The van der Waals surface area contributed by atoms with Crippen molar-refractivity contribution < 1.29 is 22.7 Å². The van der Waals surface area contributed by atoms with E-state index in [2.05, 4.69) is 9.97 Å². The Bertz CT molecular complexity index is 886. The van der Waals surface area contributed by atoms with E-state index in [-0.39, 0.29) is 12.3 Å². The summed E-state index contributed by atoms with van der Waals surface area (Å²) in [6.07, 6.45) is -0.0271. The van der Waals surface area contributed by atoms with Crippen molar-refractivity contribution in [1.82, 2.24) is 14.4 Å². The van der Waals surface area contributed by atoms with Crippen LogP contribution < -0.4 is 0 Å². The van der Waals surface area contributed by atoms with Gasteiger partial charge in [-0.1, -0.05) is 12.1 Å². The molecule has 0 N–H and O–H groups in total. The SMILES string of the molecule is CCOC(=O)c1cn2c(-c3ccc(C(F)(F)F)cc3)cnc2cn1. The summed E-state index contributed by atoms with van der Waals surface area (Å²) >= 11 is 0. The maximum Gasteiger partial charge on any atom is 0.416 e. The summed E-state index contributed by atoms with van der Waals surface area (Å²) in [6, 6.07) is 4.72. The van der Waals surface area contributed by atoms with Crippen molar-refractivity contribution >= 4 is 11.6 Å². The number of ether oxygens (including phenoxy) is 1. The van der Waals surface area contributed by atoms with Crippen molar-refractivity contribution in [1.29, 1.82) is 0 Å². The zero-order valence-electron chi connectivity index (χ0n) is 12.5. The number of nitrogens with zero attached hydrogens (tertiary/aromatic N) is 3. The lowest BCUT2D eigenvalue weighted by molar-refractivity contribution is -0.137. The molecule has 0 saturated heterocycles. The van der Waals surface area contributed by atoms with E-state index in [0.717, 1.165) is 12.1 Å². The number of fused-ring (bicyclic) bond motifs is 1. The van der Waals surface area contributed by atoms with Gasteiger partial charge in [0.2, 0.25) is 0 Å². The fourth-order valence-corrected chi connectivity index (χ4v) is 2.24. The lowest BCUT2D eigenvalue weighted by Gasteiger charge is -2.08. The standard InChI is InChI=1S/C16H12F3N3O2/c1-2-24-15(23)12-9-22-13(7-21-14(22)8-20-12)10-3-5-11(6-4-10)16(17,18)19/h3-9H,2H2,1H3. The number of carbonyl (C=O) groups excluding carboxylic acids is 1. The molecule has 0 saturated carbocycles. The van der Waals surface area contributed by atoms with Gasteiger partial charge in [0.05, 0.1) is 30.3 Å². The van der Waals surface area contributed by atoms with Crippen molar-refractivity contribution in [3.63, 3.8) is 0 Å². The largest absolute Gasteiger partial charge is 0.461 e. The molecule has 0 unspecified atom stereocenters. The molecule has 24 heavy (non-hydrogen) atoms. The molecule has 3 rings (SSSR count). The average molecular weight is 335 g/mol. The summed E-state index contributed by atoms with van der Waals surface area (Å²) in [5.41, 5.74) is 0.922. The Labute approximate surface area is 134 Å². The Morgan fingerprint density at radius 3 is 2.50 bits per heavy atom. The van der Waals surface area contributed by atoms with Gasteiger partial charge in [-0.15, -0.1) is 0 Å². The predicted molar refractivity (Wildman–Crippen MR) is 79.4 cm³/mol. The van der Waals surface area contributed by atoms with Crippen LogP contribution in [0.15, 0.2) is 42.9 Å². The maximum absolute atomic E-state index is 12.7. The summed E-state index contributed by atoms with van der Waals surface area (Å²) in [5, 5.41) is 0. The van der Waals surface area contributed by atoms with Crippen molar-refractivity contribution in [2.24, 2.45) is 0 Å². The van der Waals surface area contributed by atoms with E-state index >= 15 is 0 Å². The monoisotopic (exact) mass is 335 g/mol. The van der Waals surface area contributed by atoms with Crippen LogP contribution in [0.5, 0.6) is 0 Å². The van der Waals surface area contributed by atoms with Gasteiger partial charge in [0.15, 0.2) is 11.3 Å². The molecule has 2 aromatic heterocycles. The van der Waals surface area contributed by atoms with E-state index in [1.54, 1.807) is 11.3 Å². The van der Waals surface area contributed by atoms with Crippen molar-refractivity contribution in [3.8, 4) is 11.3 Å². The van der Waals surface area contributed by atoms with Gasteiger partial charge >= 0.3 is 12.1 Å². The van der Waals surface area contributed by atoms with Gasteiger partial charge in [-0.2, -0.15) is 13.2 Å². The third-order valence-corrected chi connectivity index (χ3v) is 3.39. The normalized spacial score (nSPS) is 11.7. The summed E-state index contributed by atoms with van der Waals surface area (Å²) in [4.78, 5) is 19.9. The Hall–Kier alpha value is -2.90. The lowest BCUT2D eigenvalue weighted by Crippen LogP contribution is -2.08. The summed E-state index contributed by atoms with van der Waals surface area (Å²) in [5.74, 6) is -0.577. The van der Waals surface area contributed by atoms with Crippen LogP contribution in [0.2, 0.25) is 0 Å². The molecule has 1 aromatic carbocycles. The van der Waals surface area contributed by atoms with Crippen LogP contribution in [0.1, 0.15) is 23.0 Å². The van der Waals surface area contributed by atoms with E-state index in [0.29, 0.717) is 16.9 Å². The molecule has 0 amide bonds. The molecule has 0 aliphatic heterocycles. The fourth-order valence-electron chi connectivity index (χ4n) is 2.24. The lowest BCUT2D eigenvalue weighted by atomic mass is 10.1. The third kappa shape index (κ3) is 2.94. The highest BCUT2D eigenvalue weighted by molar-refractivity contribution is 5.87. The van der Waals surface area contributed by atoms with Crippen LogP contribution in [-0.4, -0.2) is 26.9 Å². The first-order valence-corrected chi connectivity index (χ1v) is 7.08. The van der Waals surface area contributed by atoms with E-state index in [1.807, 2.05) is 0 Å². The smallest absolute Gasteiger partial charge is 0.416 e. The molecule has 8 heteroatoms. The number of hydrogen-bond donors (Lipinski definition) is 0. The predicted octanol–water partition coefficient (Wildman–Crippen LogP) is 3.59. The summed E-state index contributed by atoms with van der Waals surface area (Å²) in [6.45, 7) is 1.90. The first-order valence-electron chi connectivity index (χ1n) is 7.08. The molecule has 0 radical (unpaired) electrons. The van der Waals surface area contributed by atoms with Crippen molar-refractivity contribution in [2.75, 3.05) is 6.61 Å². The first kappa shape index (κ1) is 16.0. The molecule has 0 bridgehead atoms. The fraction of sp³-hybridized carbons (Fsp3) is 0.188. The highest BCUT2D eigenvalue weighted by Crippen LogP contribution is 2.31. The maximum atomic E-state index is 12.7. The van der Waals surface area contributed by atoms with Crippen LogP contribution in [0.25, 0.3) is 16.9 Å². The van der Waals surface area contributed by atoms with Crippen LogP contribution in [-0.2, 0) is 10.9 Å². The van der Waals surface area contributed by atoms with Gasteiger partial charge in [0, 0.05) is 11.8 Å². The molecule has 0 fully saturated rings. The van der Waals surface area contributed by atoms with Crippen LogP contribution in [0, 0.1) is 0 Å². The first-order chi connectivity index (χ1) is 11.4. The molecule has 0 aliphatic rings. The Kier molecular flexibility index (Phi) is 3.96. The van der Waals surface area contributed by atoms with Gasteiger partial charge in [0.1, 0.15) is 0 Å². The van der Waals surface area contributed by atoms with Gasteiger partial charge < -0.3 is 4.74 Å². The second kappa shape index (κ2) is 5.95. The number of benzene rings is 1. The summed E-state index contributed by atoms with van der Waals surface area (Å²) in [7, 11) is 0. The molecule has 5 nitrogen and oxygen atoms in total. The van der Waals surface area contributed by atoms with Crippen LogP contribution >= 0.6 is 0 Å². The molecule has 3 aromatic rings. The number of aromatic nitrogens is 3. The average Bonchev–Trinajstić information content (AvgIpc) is 2.97. The van der Waals surface area contributed by atoms with Crippen LogP contribution in [0.4, 0.5) is 13.2 Å². The molecule has 0 aliphatic carbocycles. The molecular formula is C16H12F3N3O2. The highest BCUT2D eigenvalue weighted by atomic mass is 19.4. The Morgan fingerprint density at radius 1 is 1.17 bits per heavy atom. The number of imidazole rings is 1. The zero-order valence-corrected chi connectivity index (χ0v) is 12.5. The van der Waals surface area contributed by atoms with Crippen molar-refractivity contribution in [3.05, 3.63) is 54.1 Å². The molecule has 0 spiro atoms. The zero-order chi connectivity index (χ0) is 17.3. The summed E-state index contributed by atoms with van der Waals surface area (Å²) < 4.78 is 44.4. The van der Waals surface area contributed by atoms with Crippen LogP contribution in [0.3, 0.4) is 0 Å². The van der Waals surface area contributed by atoms with Gasteiger partial charge in [-0.3, -0.25) is 4.40 Å². The minimum Gasteiger partial charge on any atom is -0.461 e. The topological polar surface area (TPSA) is 56.5 Å². The minimum absolute atomic E-state index is 0.0931. The number of alkyl halides is 3. The van der Waals surface area contributed by atoms with Gasteiger partial charge in [-0.25, -0.2) is 14.8 Å². The van der Waals surface area contributed by atoms with Crippen molar-refractivity contribution in [2.45, 2.75) is 13.1 Å². The second-order valence-electron chi connectivity index (χ2n) is 4.94. The minimum atomic E-state index is -4.39. The van der Waals surface area contributed by atoms with E-state index in [9.17, 15) is 18.0 Å². The molecular weight excluding hydrogens is 323 g/mol. The quantitative estimate of drug-likeness (QED) is 0.687. The van der Waals surface area contributed by atoms with E-state index < -0.39 is 17.7 Å². The molecule has 0 atom stereocenters. The Morgan fingerprint density at radius 2 is 1.88 bits per heavy atom.